The maximum absolute atomic E-state index is 5.65. The molecular weight excluding hydrogens is 384 g/mol. The van der Waals surface area contributed by atoms with E-state index in [1.54, 1.807) is 0 Å². The highest BCUT2D eigenvalue weighted by Gasteiger charge is 2.27. The molecule has 0 saturated heterocycles. The van der Waals surface area contributed by atoms with Gasteiger partial charge in [-0.3, -0.25) is 4.98 Å². The molecule has 0 amide bonds. The smallest absolute Gasteiger partial charge is 0.0879 e. The molecule has 1 saturated carbocycles. The van der Waals surface area contributed by atoms with E-state index in [2.05, 4.69) is 43.2 Å². The van der Waals surface area contributed by atoms with Gasteiger partial charge in [0.05, 0.1) is 30.1 Å². The molecule has 1 aromatic carbocycles. The quantitative estimate of drug-likeness (QED) is 0.814. The molecule has 1 fully saturated rings. The van der Waals surface area contributed by atoms with Gasteiger partial charge >= 0.3 is 0 Å². The molecule has 1 N–H and O–H groups in total. The minimum absolute atomic E-state index is 0.609. The molecule has 3 nitrogen and oxygen atoms in total. The first-order valence-corrected chi connectivity index (χ1v) is 8.46. The summed E-state index contributed by atoms with van der Waals surface area (Å²) in [4.78, 5) is 4.87. The summed E-state index contributed by atoms with van der Waals surface area (Å²) in [5, 5.41) is 4.85. The van der Waals surface area contributed by atoms with Crippen molar-refractivity contribution < 1.29 is 4.74 Å². The summed E-state index contributed by atoms with van der Waals surface area (Å²) in [6, 6.07) is 4.73. The fraction of sp³-hybridized carbons (Fsp3) is 0.400. The van der Waals surface area contributed by atoms with Crippen molar-refractivity contribution in [2.45, 2.75) is 31.9 Å². The van der Waals surface area contributed by atoms with Crippen molar-refractivity contribution in [3.05, 3.63) is 32.3 Å². The first kappa shape index (κ1) is 13.0. The summed E-state index contributed by atoms with van der Waals surface area (Å²) < 4.78 is 7.78. The van der Waals surface area contributed by atoms with Gasteiger partial charge < -0.3 is 10.1 Å². The van der Waals surface area contributed by atoms with Crippen LogP contribution in [-0.4, -0.2) is 17.6 Å². The number of nitrogens with zero attached hydrogens (tertiary/aromatic N) is 1. The Morgan fingerprint density at radius 2 is 2.00 bits per heavy atom. The number of hydrogen-bond acceptors (Lipinski definition) is 3. The Balaban J connectivity index is 2.03. The molecule has 0 radical (unpaired) electrons. The van der Waals surface area contributed by atoms with Gasteiger partial charge in [0.2, 0.25) is 0 Å². The van der Waals surface area contributed by atoms with Crippen LogP contribution in [0.1, 0.15) is 24.1 Å². The second-order valence-corrected chi connectivity index (χ2v) is 7.09. The molecule has 5 heteroatoms. The van der Waals surface area contributed by atoms with E-state index in [1.165, 1.54) is 29.8 Å². The molecule has 1 aliphatic heterocycles. The van der Waals surface area contributed by atoms with Crippen LogP contribution in [0, 0.1) is 0 Å². The van der Waals surface area contributed by atoms with Crippen molar-refractivity contribution in [3.63, 3.8) is 0 Å². The van der Waals surface area contributed by atoms with Gasteiger partial charge in [0.25, 0.3) is 0 Å². The van der Waals surface area contributed by atoms with Crippen LogP contribution in [0.5, 0.6) is 0 Å². The van der Waals surface area contributed by atoms with Crippen molar-refractivity contribution in [1.82, 2.24) is 4.98 Å². The summed E-state index contributed by atoms with van der Waals surface area (Å²) in [5.74, 6) is 0. The fourth-order valence-corrected chi connectivity index (χ4v) is 3.62. The summed E-state index contributed by atoms with van der Waals surface area (Å²) in [7, 11) is 0. The molecule has 0 unspecified atom stereocenters. The van der Waals surface area contributed by atoms with Gasteiger partial charge in [0.1, 0.15) is 0 Å². The summed E-state index contributed by atoms with van der Waals surface area (Å²) in [6.45, 7) is 1.42. The summed E-state index contributed by atoms with van der Waals surface area (Å²) >= 11 is 7.31. The molecule has 1 aromatic heterocycles. The van der Waals surface area contributed by atoms with E-state index in [0.717, 1.165) is 32.9 Å². The van der Waals surface area contributed by atoms with Crippen molar-refractivity contribution >= 4 is 48.5 Å². The van der Waals surface area contributed by atoms with E-state index >= 15 is 0 Å². The molecule has 2 aromatic rings. The number of fused-ring (bicyclic) bond motifs is 2. The Morgan fingerprint density at radius 1 is 1.20 bits per heavy atom. The normalized spacial score (nSPS) is 18.1. The molecule has 2 heterocycles. The number of anilines is 1. The molecule has 104 valence electrons. The number of rotatable bonds is 2. The van der Waals surface area contributed by atoms with Gasteiger partial charge in [-0.2, -0.15) is 0 Å². The molecule has 4 rings (SSSR count). The molecule has 0 spiro atoms. The predicted octanol–water partition coefficient (Wildman–Crippen LogP) is 4.41. The minimum atomic E-state index is 0.609. The predicted molar refractivity (Wildman–Crippen MR) is 87.1 cm³/mol. The van der Waals surface area contributed by atoms with E-state index in [-0.39, 0.29) is 0 Å². The van der Waals surface area contributed by atoms with Crippen LogP contribution in [0.15, 0.2) is 21.1 Å². The Hall–Kier alpha value is -0.650. The van der Waals surface area contributed by atoms with Crippen molar-refractivity contribution in [2.24, 2.45) is 0 Å². The van der Waals surface area contributed by atoms with Gasteiger partial charge in [0, 0.05) is 32.4 Å². The lowest BCUT2D eigenvalue weighted by molar-refractivity contribution is 0.110. The molecule has 0 bridgehead atoms. The Bertz CT molecular complexity index is 698. The second kappa shape index (κ2) is 4.97. The first-order valence-electron chi connectivity index (χ1n) is 6.88. The fourth-order valence-electron chi connectivity index (χ4n) is 2.68. The maximum Gasteiger partial charge on any atom is 0.0879 e. The Labute approximate surface area is 134 Å². The van der Waals surface area contributed by atoms with E-state index in [0.29, 0.717) is 12.6 Å². The Kier molecular flexibility index (Phi) is 3.24. The number of hydrogen-bond donors (Lipinski definition) is 1. The average molecular weight is 398 g/mol. The van der Waals surface area contributed by atoms with Gasteiger partial charge in [-0.05, 0) is 40.9 Å². The summed E-state index contributed by atoms with van der Waals surface area (Å²) in [6.07, 6.45) is 3.40. The molecule has 2 aliphatic rings. The third kappa shape index (κ3) is 2.16. The van der Waals surface area contributed by atoms with Gasteiger partial charge in [-0.1, -0.05) is 15.9 Å². The van der Waals surface area contributed by atoms with Crippen molar-refractivity contribution in [3.8, 4) is 0 Å². The van der Waals surface area contributed by atoms with Crippen LogP contribution in [0.4, 0.5) is 5.69 Å². The minimum Gasteiger partial charge on any atom is -0.381 e. The number of ether oxygens (including phenoxy) is 1. The average Bonchev–Trinajstić information content (AvgIpc) is 3.27. The molecule has 20 heavy (non-hydrogen) atoms. The number of pyridine rings is 1. The lowest BCUT2D eigenvalue weighted by Gasteiger charge is -2.22. The third-order valence-electron chi connectivity index (χ3n) is 3.88. The van der Waals surface area contributed by atoms with Gasteiger partial charge in [-0.25, -0.2) is 0 Å². The second-order valence-electron chi connectivity index (χ2n) is 5.39. The van der Waals surface area contributed by atoms with Gasteiger partial charge in [-0.15, -0.1) is 0 Å². The van der Waals surface area contributed by atoms with Crippen LogP contribution in [0.3, 0.4) is 0 Å². The largest absolute Gasteiger partial charge is 0.381 e. The topological polar surface area (TPSA) is 34.2 Å². The van der Waals surface area contributed by atoms with Gasteiger partial charge in [0.15, 0.2) is 0 Å². The standard InChI is InChI=1S/C15H14Br2N2O/c16-10-3-4-11(17)15-13(10)14(18-8-1-2-8)9-7-20-6-5-12(9)19-15/h3-4,8H,1-2,5-7H2,(H,18,19). The first-order chi connectivity index (χ1) is 9.74. The van der Waals surface area contributed by atoms with Crippen molar-refractivity contribution in [1.29, 1.82) is 0 Å². The van der Waals surface area contributed by atoms with Crippen LogP contribution < -0.4 is 5.32 Å². The monoisotopic (exact) mass is 396 g/mol. The van der Waals surface area contributed by atoms with E-state index in [1.807, 2.05) is 6.07 Å². The van der Waals surface area contributed by atoms with Crippen LogP contribution in [0.25, 0.3) is 10.9 Å². The number of aromatic nitrogens is 1. The zero-order valence-corrected chi connectivity index (χ0v) is 14.1. The molecule has 1 aliphatic carbocycles. The number of nitrogens with one attached hydrogen (secondary N) is 1. The lowest BCUT2D eigenvalue weighted by atomic mass is 10.0. The van der Waals surface area contributed by atoms with E-state index in [9.17, 15) is 0 Å². The van der Waals surface area contributed by atoms with Crippen molar-refractivity contribution in [2.75, 3.05) is 11.9 Å². The van der Waals surface area contributed by atoms with Crippen LogP contribution in [-0.2, 0) is 17.8 Å². The number of halogens is 2. The van der Waals surface area contributed by atoms with Crippen LogP contribution in [0.2, 0.25) is 0 Å². The number of benzene rings is 1. The highest BCUT2D eigenvalue weighted by atomic mass is 79.9. The van der Waals surface area contributed by atoms with E-state index in [4.69, 9.17) is 9.72 Å². The molecular formula is C15H14Br2N2O. The molecule has 0 atom stereocenters. The van der Waals surface area contributed by atoms with E-state index < -0.39 is 0 Å². The highest BCUT2D eigenvalue weighted by molar-refractivity contribution is 9.11. The van der Waals surface area contributed by atoms with Crippen LogP contribution >= 0.6 is 31.9 Å². The maximum atomic E-state index is 5.65. The SMILES string of the molecule is Brc1ccc(Br)c2c(NC3CC3)c3c(nc12)CCOC3. The highest BCUT2D eigenvalue weighted by Crippen LogP contribution is 2.40. The summed E-state index contributed by atoms with van der Waals surface area (Å²) in [5.41, 5.74) is 4.64. The Morgan fingerprint density at radius 3 is 2.80 bits per heavy atom. The third-order valence-corrected chi connectivity index (χ3v) is 5.18. The zero-order chi connectivity index (χ0) is 13.7. The lowest BCUT2D eigenvalue weighted by Crippen LogP contribution is -2.16. The zero-order valence-electron chi connectivity index (χ0n) is 10.9.